The first-order valence-electron chi connectivity index (χ1n) is 11.1. The molecule has 0 spiro atoms. The van der Waals surface area contributed by atoms with Gasteiger partial charge in [-0.2, -0.15) is 0 Å². The molecular weight excluding hydrogens is 465 g/mol. The summed E-state index contributed by atoms with van der Waals surface area (Å²) in [6.07, 6.45) is 0.0844. The Hall–Kier alpha value is -3.97. The molecule has 1 amide bonds. The number of nitrogens with one attached hydrogen (secondary N) is 1. The van der Waals surface area contributed by atoms with Crippen molar-refractivity contribution in [3.63, 3.8) is 0 Å². The molecule has 0 aromatic heterocycles. The highest BCUT2D eigenvalue weighted by Crippen LogP contribution is 2.35. The van der Waals surface area contributed by atoms with Gasteiger partial charge in [-0.15, -0.1) is 0 Å². The van der Waals surface area contributed by atoms with Gasteiger partial charge in [0.05, 0.1) is 17.1 Å². The van der Waals surface area contributed by atoms with Crippen LogP contribution >= 0.6 is 0 Å². The van der Waals surface area contributed by atoms with E-state index in [1.165, 1.54) is 36.4 Å². The molecule has 0 bridgehead atoms. The fraction of sp³-hybridized carbons (Fsp3) is 0.107. The Morgan fingerprint density at radius 1 is 0.886 bits per heavy atom. The van der Waals surface area contributed by atoms with Crippen molar-refractivity contribution >= 4 is 21.4 Å². The van der Waals surface area contributed by atoms with Crippen LogP contribution in [0.1, 0.15) is 12.5 Å². The van der Waals surface area contributed by atoms with E-state index in [0.717, 1.165) is 11.1 Å². The van der Waals surface area contributed by atoms with Crippen LogP contribution in [0.15, 0.2) is 102 Å². The second-order valence-electron chi connectivity index (χ2n) is 7.91. The van der Waals surface area contributed by atoms with Crippen LogP contribution in [0.25, 0.3) is 11.1 Å². The van der Waals surface area contributed by atoms with Crippen molar-refractivity contribution in [3.05, 3.63) is 108 Å². The molecule has 0 unspecified atom stereocenters. The van der Waals surface area contributed by atoms with Crippen LogP contribution in [0.2, 0.25) is 0 Å². The van der Waals surface area contributed by atoms with E-state index in [-0.39, 0.29) is 28.8 Å². The molecule has 0 aliphatic heterocycles. The number of carbonyl (C=O) groups excluding carboxylic acids is 1. The highest BCUT2D eigenvalue weighted by molar-refractivity contribution is 7.91. The Balaban J connectivity index is 1.54. The van der Waals surface area contributed by atoms with E-state index >= 15 is 0 Å². The van der Waals surface area contributed by atoms with Crippen LogP contribution in [0.5, 0.6) is 11.5 Å². The summed E-state index contributed by atoms with van der Waals surface area (Å²) in [4.78, 5) is 12.9. The Morgan fingerprint density at radius 2 is 1.57 bits per heavy atom. The third-order valence-electron chi connectivity index (χ3n) is 5.42. The fourth-order valence-electron chi connectivity index (χ4n) is 3.54. The van der Waals surface area contributed by atoms with Crippen molar-refractivity contribution in [1.82, 2.24) is 0 Å². The molecule has 5 nitrogen and oxygen atoms in total. The van der Waals surface area contributed by atoms with Gasteiger partial charge in [0.15, 0.2) is 9.84 Å². The largest absolute Gasteiger partial charge is 0.457 e. The molecule has 0 aliphatic carbocycles. The molecule has 4 aromatic carbocycles. The molecule has 0 radical (unpaired) electrons. The number of rotatable bonds is 8. The van der Waals surface area contributed by atoms with Gasteiger partial charge in [0.25, 0.3) is 0 Å². The summed E-state index contributed by atoms with van der Waals surface area (Å²) in [5.41, 5.74) is 2.99. The number of hydrogen-bond donors (Lipinski definition) is 1. The van der Waals surface area contributed by atoms with Gasteiger partial charge in [-0.25, -0.2) is 12.8 Å². The first-order chi connectivity index (χ1) is 16.8. The van der Waals surface area contributed by atoms with Crippen LogP contribution in [-0.4, -0.2) is 20.1 Å². The highest BCUT2D eigenvalue weighted by atomic mass is 32.2. The Labute approximate surface area is 204 Å². The third-order valence-corrected chi connectivity index (χ3v) is 7.17. The normalized spacial score (nSPS) is 11.1. The Kier molecular flexibility index (Phi) is 7.27. The van der Waals surface area contributed by atoms with Crippen LogP contribution < -0.4 is 10.1 Å². The van der Waals surface area contributed by atoms with E-state index < -0.39 is 9.84 Å². The Morgan fingerprint density at radius 3 is 2.23 bits per heavy atom. The lowest BCUT2D eigenvalue weighted by Crippen LogP contribution is -2.14. The summed E-state index contributed by atoms with van der Waals surface area (Å²) >= 11 is 0. The zero-order valence-corrected chi connectivity index (χ0v) is 19.9. The lowest BCUT2D eigenvalue weighted by molar-refractivity contribution is -0.115. The maximum atomic E-state index is 13.3. The van der Waals surface area contributed by atoms with Crippen molar-refractivity contribution in [2.45, 2.75) is 18.2 Å². The van der Waals surface area contributed by atoms with E-state index in [2.05, 4.69) is 5.32 Å². The topological polar surface area (TPSA) is 72.5 Å². The van der Waals surface area contributed by atoms with Gasteiger partial charge in [0, 0.05) is 17.3 Å². The number of halogens is 1. The number of sulfone groups is 1. The minimum atomic E-state index is -3.29. The smallest absolute Gasteiger partial charge is 0.228 e. The van der Waals surface area contributed by atoms with Gasteiger partial charge < -0.3 is 10.1 Å². The average Bonchev–Trinajstić information content (AvgIpc) is 2.86. The van der Waals surface area contributed by atoms with Crippen molar-refractivity contribution in [3.8, 4) is 22.6 Å². The predicted molar refractivity (Wildman–Crippen MR) is 135 cm³/mol. The number of carbonyl (C=O) groups is 1. The number of anilines is 1. The molecule has 178 valence electrons. The standard InChI is InChI=1S/C28H24FNO4S/c1-2-35(32,33)25-15-8-20(9-16-25)18-28(31)30-23-12-17-26(21-6-4-3-5-7-21)27(19-23)34-24-13-10-22(29)11-14-24/h3-17,19H,2,18H2,1H3,(H,30,31). The van der Waals surface area contributed by atoms with E-state index in [0.29, 0.717) is 22.7 Å². The number of ether oxygens (including phenoxy) is 1. The maximum absolute atomic E-state index is 13.3. The van der Waals surface area contributed by atoms with Crippen LogP contribution in [0.4, 0.5) is 10.1 Å². The fourth-order valence-corrected chi connectivity index (χ4v) is 4.43. The second-order valence-corrected chi connectivity index (χ2v) is 10.2. The summed E-state index contributed by atoms with van der Waals surface area (Å²) in [6, 6.07) is 27.1. The van der Waals surface area contributed by atoms with Crippen LogP contribution in [-0.2, 0) is 21.1 Å². The highest BCUT2D eigenvalue weighted by Gasteiger charge is 2.13. The van der Waals surface area contributed by atoms with E-state index in [9.17, 15) is 17.6 Å². The van der Waals surface area contributed by atoms with Gasteiger partial charge in [-0.1, -0.05) is 49.4 Å². The Bertz CT molecular complexity index is 1420. The van der Waals surface area contributed by atoms with Gasteiger partial charge in [-0.05, 0) is 59.7 Å². The molecule has 7 heteroatoms. The zero-order valence-electron chi connectivity index (χ0n) is 19.1. The number of benzene rings is 4. The summed E-state index contributed by atoms with van der Waals surface area (Å²) in [7, 11) is -3.29. The molecule has 0 aliphatic rings. The minimum absolute atomic E-state index is 0.0220. The minimum Gasteiger partial charge on any atom is -0.457 e. The van der Waals surface area contributed by atoms with Gasteiger partial charge >= 0.3 is 0 Å². The monoisotopic (exact) mass is 489 g/mol. The van der Waals surface area contributed by atoms with Gasteiger partial charge in [0.2, 0.25) is 5.91 Å². The quantitative estimate of drug-likeness (QED) is 0.317. The third kappa shape index (κ3) is 6.13. The van der Waals surface area contributed by atoms with Crippen molar-refractivity contribution in [2.75, 3.05) is 11.1 Å². The summed E-state index contributed by atoms with van der Waals surface area (Å²) in [6.45, 7) is 1.59. The summed E-state index contributed by atoms with van der Waals surface area (Å²) in [5.74, 6) is 0.385. The molecule has 4 rings (SSSR count). The van der Waals surface area contributed by atoms with Gasteiger partial charge in [-0.3, -0.25) is 4.79 Å². The van der Waals surface area contributed by atoms with Crippen LogP contribution in [0.3, 0.4) is 0 Å². The van der Waals surface area contributed by atoms with Crippen molar-refractivity contribution in [2.24, 2.45) is 0 Å². The average molecular weight is 490 g/mol. The van der Waals surface area contributed by atoms with E-state index in [4.69, 9.17) is 4.74 Å². The first-order valence-corrected chi connectivity index (χ1v) is 12.7. The molecule has 35 heavy (non-hydrogen) atoms. The lowest BCUT2D eigenvalue weighted by Gasteiger charge is -2.14. The molecular formula is C28H24FNO4S. The second kappa shape index (κ2) is 10.5. The lowest BCUT2D eigenvalue weighted by atomic mass is 10.0. The maximum Gasteiger partial charge on any atom is 0.228 e. The zero-order chi connectivity index (χ0) is 24.8. The molecule has 0 saturated carbocycles. The molecule has 0 heterocycles. The summed E-state index contributed by atoms with van der Waals surface area (Å²) < 4.78 is 43.3. The molecule has 1 N–H and O–H groups in total. The number of amides is 1. The van der Waals surface area contributed by atoms with E-state index in [1.54, 1.807) is 31.2 Å². The van der Waals surface area contributed by atoms with E-state index in [1.807, 2.05) is 36.4 Å². The van der Waals surface area contributed by atoms with Gasteiger partial charge in [0.1, 0.15) is 17.3 Å². The molecule has 0 fully saturated rings. The SMILES string of the molecule is CCS(=O)(=O)c1ccc(CC(=O)Nc2ccc(-c3ccccc3)c(Oc3ccc(F)cc3)c2)cc1. The van der Waals surface area contributed by atoms with Crippen molar-refractivity contribution in [1.29, 1.82) is 0 Å². The molecule has 4 aromatic rings. The van der Waals surface area contributed by atoms with Crippen molar-refractivity contribution < 1.29 is 22.3 Å². The van der Waals surface area contributed by atoms with Crippen LogP contribution in [0, 0.1) is 5.82 Å². The predicted octanol–water partition coefficient (Wildman–Crippen LogP) is 6.26. The number of hydrogen-bond acceptors (Lipinski definition) is 4. The molecule has 0 saturated heterocycles. The summed E-state index contributed by atoms with van der Waals surface area (Å²) in [5, 5.41) is 2.86. The first kappa shape index (κ1) is 24.2. The molecule has 0 atom stereocenters.